The van der Waals surface area contributed by atoms with Gasteiger partial charge in [-0.15, -0.1) is 11.6 Å². The maximum atomic E-state index is 12.2. The van der Waals surface area contributed by atoms with Crippen LogP contribution >= 0.6 is 23.2 Å². The maximum Gasteiger partial charge on any atom is 0.214 e. The molecule has 0 spiro atoms. The Labute approximate surface area is 67.8 Å². The summed E-state index contributed by atoms with van der Waals surface area (Å²) in [7, 11) is 0. The molecule has 1 heterocycles. The van der Waals surface area contributed by atoms with E-state index in [0.29, 0.717) is 10.6 Å². The number of halogens is 3. The van der Waals surface area contributed by atoms with Crippen molar-refractivity contribution in [1.82, 2.24) is 4.98 Å². The van der Waals surface area contributed by atoms with Crippen LogP contribution in [0.4, 0.5) is 4.39 Å². The van der Waals surface area contributed by atoms with Gasteiger partial charge in [-0.2, -0.15) is 4.39 Å². The molecule has 0 aromatic carbocycles. The molecular weight excluding hydrogens is 176 g/mol. The van der Waals surface area contributed by atoms with Gasteiger partial charge in [0.05, 0.1) is 10.9 Å². The number of rotatable bonds is 1. The molecule has 0 fully saturated rings. The Balaban J connectivity index is 3.07. The summed E-state index contributed by atoms with van der Waals surface area (Å²) in [6.45, 7) is 0. The van der Waals surface area contributed by atoms with E-state index in [2.05, 4.69) is 4.98 Å². The Bertz CT molecular complexity index is 239. The number of aromatic nitrogens is 1. The monoisotopic (exact) mass is 179 g/mol. The zero-order valence-corrected chi connectivity index (χ0v) is 6.45. The van der Waals surface area contributed by atoms with Crippen molar-refractivity contribution in [3.63, 3.8) is 0 Å². The van der Waals surface area contributed by atoms with Gasteiger partial charge in [-0.1, -0.05) is 11.6 Å². The van der Waals surface area contributed by atoms with E-state index in [1.165, 1.54) is 6.20 Å². The summed E-state index contributed by atoms with van der Waals surface area (Å²) >= 11 is 11.0. The van der Waals surface area contributed by atoms with Crippen LogP contribution in [-0.2, 0) is 5.88 Å². The highest BCUT2D eigenvalue weighted by Crippen LogP contribution is 2.16. The van der Waals surface area contributed by atoms with Gasteiger partial charge in [0.1, 0.15) is 0 Å². The summed E-state index contributed by atoms with van der Waals surface area (Å²) in [4.78, 5) is 3.38. The summed E-state index contributed by atoms with van der Waals surface area (Å²) in [5.41, 5.74) is 0.643. The van der Waals surface area contributed by atoms with Crippen molar-refractivity contribution in [2.24, 2.45) is 0 Å². The Kier molecular flexibility index (Phi) is 2.46. The summed E-state index contributed by atoms with van der Waals surface area (Å²) < 4.78 is 12.2. The normalized spacial score (nSPS) is 9.90. The molecule has 1 rings (SSSR count). The molecule has 4 heteroatoms. The largest absolute Gasteiger partial charge is 0.228 e. The van der Waals surface area contributed by atoms with Crippen LogP contribution in [0.25, 0.3) is 0 Å². The first-order valence-electron chi connectivity index (χ1n) is 2.60. The zero-order valence-electron chi connectivity index (χ0n) is 4.94. The zero-order chi connectivity index (χ0) is 7.56. The lowest BCUT2D eigenvalue weighted by atomic mass is 10.3. The van der Waals surface area contributed by atoms with Crippen molar-refractivity contribution in [2.45, 2.75) is 5.88 Å². The first kappa shape index (κ1) is 7.76. The smallest absolute Gasteiger partial charge is 0.214 e. The quantitative estimate of drug-likeness (QED) is 0.478. The topological polar surface area (TPSA) is 12.9 Å². The lowest BCUT2D eigenvalue weighted by Gasteiger charge is -1.96. The number of hydrogen-bond donors (Lipinski definition) is 0. The van der Waals surface area contributed by atoms with E-state index in [1.54, 1.807) is 0 Å². The average molecular weight is 180 g/mol. The Morgan fingerprint density at radius 2 is 2.30 bits per heavy atom. The maximum absolute atomic E-state index is 12.2. The van der Waals surface area contributed by atoms with Crippen molar-refractivity contribution in [3.8, 4) is 0 Å². The SMILES string of the molecule is Fc1cc(Cl)c(CCl)cn1. The predicted molar refractivity (Wildman–Crippen MR) is 38.8 cm³/mol. The van der Waals surface area contributed by atoms with Gasteiger partial charge in [0.2, 0.25) is 5.95 Å². The lowest BCUT2D eigenvalue weighted by molar-refractivity contribution is 0.583. The van der Waals surface area contributed by atoms with Gasteiger partial charge < -0.3 is 0 Å². The molecule has 0 aliphatic carbocycles. The van der Waals surface area contributed by atoms with Crippen LogP contribution in [0.3, 0.4) is 0 Å². The number of pyridine rings is 1. The number of nitrogens with zero attached hydrogens (tertiary/aromatic N) is 1. The van der Waals surface area contributed by atoms with Crippen molar-refractivity contribution in [1.29, 1.82) is 0 Å². The third-order valence-electron chi connectivity index (χ3n) is 1.04. The molecule has 0 N–H and O–H groups in total. The highest BCUT2D eigenvalue weighted by Gasteiger charge is 1.99. The van der Waals surface area contributed by atoms with Crippen LogP contribution in [0.2, 0.25) is 5.02 Å². The molecule has 0 saturated heterocycles. The van der Waals surface area contributed by atoms with Crippen LogP contribution in [0.15, 0.2) is 12.3 Å². The highest BCUT2D eigenvalue weighted by atomic mass is 35.5. The first-order valence-corrected chi connectivity index (χ1v) is 3.51. The van der Waals surface area contributed by atoms with Gasteiger partial charge in [0, 0.05) is 17.8 Å². The fraction of sp³-hybridized carbons (Fsp3) is 0.167. The van der Waals surface area contributed by atoms with Gasteiger partial charge in [-0.05, 0) is 0 Å². The third kappa shape index (κ3) is 1.58. The standard InChI is InChI=1S/C6H4Cl2FN/c7-2-4-3-10-6(9)1-5(4)8/h1,3H,2H2. The molecule has 0 radical (unpaired) electrons. The summed E-state index contributed by atoms with van der Waals surface area (Å²) in [5, 5.41) is 0.322. The van der Waals surface area contributed by atoms with E-state index >= 15 is 0 Å². The molecule has 1 aromatic rings. The van der Waals surface area contributed by atoms with Crippen LogP contribution < -0.4 is 0 Å². The summed E-state index contributed by atoms with van der Waals surface area (Å²) in [6, 6.07) is 1.14. The second-order valence-corrected chi connectivity index (χ2v) is 2.41. The van der Waals surface area contributed by atoms with Gasteiger partial charge in [0.15, 0.2) is 0 Å². The second-order valence-electron chi connectivity index (χ2n) is 1.73. The second kappa shape index (κ2) is 3.17. The highest BCUT2D eigenvalue weighted by molar-refractivity contribution is 6.32. The van der Waals surface area contributed by atoms with Crippen molar-refractivity contribution in [2.75, 3.05) is 0 Å². The van der Waals surface area contributed by atoms with Crippen LogP contribution in [0, 0.1) is 5.95 Å². The fourth-order valence-electron chi connectivity index (χ4n) is 0.534. The third-order valence-corrected chi connectivity index (χ3v) is 1.68. The van der Waals surface area contributed by atoms with Gasteiger partial charge >= 0.3 is 0 Å². The van der Waals surface area contributed by atoms with E-state index < -0.39 is 5.95 Å². The lowest BCUT2D eigenvalue weighted by Crippen LogP contribution is -1.86. The molecule has 1 aromatic heterocycles. The van der Waals surface area contributed by atoms with Crippen LogP contribution in [0.1, 0.15) is 5.56 Å². The van der Waals surface area contributed by atoms with E-state index in [0.717, 1.165) is 6.07 Å². The Morgan fingerprint density at radius 1 is 1.60 bits per heavy atom. The summed E-state index contributed by atoms with van der Waals surface area (Å²) in [6.07, 6.45) is 1.32. The minimum Gasteiger partial charge on any atom is -0.228 e. The van der Waals surface area contributed by atoms with E-state index in [-0.39, 0.29) is 5.88 Å². The molecule has 1 nitrogen and oxygen atoms in total. The molecule has 54 valence electrons. The van der Waals surface area contributed by atoms with Gasteiger partial charge in [-0.3, -0.25) is 0 Å². The van der Waals surface area contributed by atoms with Crippen molar-refractivity contribution in [3.05, 3.63) is 28.8 Å². The first-order chi connectivity index (χ1) is 4.74. The molecule has 0 bridgehead atoms. The van der Waals surface area contributed by atoms with E-state index in [1.807, 2.05) is 0 Å². The molecule has 0 aliphatic rings. The molecule has 0 unspecified atom stereocenters. The molecule has 0 atom stereocenters. The number of hydrogen-bond acceptors (Lipinski definition) is 1. The van der Waals surface area contributed by atoms with Crippen molar-refractivity contribution < 1.29 is 4.39 Å². The summed E-state index contributed by atoms with van der Waals surface area (Å²) in [5.74, 6) is -0.328. The molecule has 0 amide bonds. The molecule has 0 aliphatic heterocycles. The molecular formula is C6H4Cl2FN. The van der Waals surface area contributed by atoms with Crippen LogP contribution in [0.5, 0.6) is 0 Å². The minimum absolute atomic E-state index is 0.256. The Morgan fingerprint density at radius 3 is 2.80 bits per heavy atom. The minimum atomic E-state index is -0.584. The number of alkyl halides is 1. The average Bonchev–Trinajstić information content (AvgIpc) is 1.88. The predicted octanol–water partition coefficient (Wildman–Crippen LogP) is 2.61. The van der Waals surface area contributed by atoms with E-state index in [9.17, 15) is 4.39 Å². The molecule has 0 saturated carbocycles. The molecule has 10 heavy (non-hydrogen) atoms. The van der Waals surface area contributed by atoms with Crippen LogP contribution in [-0.4, -0.2) is 4.98 Å². The van der Waals surface area contributed by atoms with Crippen molar-refractivity contribution >= 4 is 23.2 Å². The van der Waals surface area contributed by atoms with Gasteiger partial charge in [-0.25, -0.2) is 4.98 Å². The van der Waals surface area contributed by atoms with Gasteiger partial charge in [0.25, 0.3) is 0 Å². The van der Waals surface area contributed by atoms with E-state index in [4.69, 9.17) is 23.2 Å². The Hall–Kier alpha value is -0.340. The fourth-order valence-corrected chi connectivity index (χ4v) is 1.02.